The molecule has 0 heterocycles. The largest absolute Gasteiger partial charge is 0.228 e. The molecule has 0 radical (unpaired) electrons. The van der Waals surface area contributed by atoms with Crippen LogP contribution in [0.25, 0.3) is 0 Å². The van der Waals surface area contributed by atoms with Crippen molar-refractivity contribution in [3.8, 4) is 0 Å². The van der Waals surface area contributed by atoms with Crippen molar-refractivity contribution < 1.29 is 8.42 Å². The van der Waals surface area contributed by atoms with Gasteiger partial charge in [-0.2, -0.15) is 0 Å². The van der Waals surface area contributed by atoms with Gasteiger partial charge in [-0.15, -0.1) is 6.58 Å². The van der Waals surface area contributed by atoms with Gasteiger partial charge in [0.25, 0.3) is 0 Å². The summed E-state index contributed by atoms with van der Waals surface area (Å²) in [6.45, 7) is 3.61. The molecule has 0 spiro atoms. The van der Waals surface area contributed by atoms with Gasteiger partial charge in [0, 0.05) is 0 Å². The molecule has 0 unspecified atom stereocenters. The summed E-state index contributed by atoms with van der Waals surface area (Å²) >= 11 is 0. The van der Waals surface area contributed by atoms with Crippen LogP contribution in [0.4, 0.5) is 0 Å². The van der Waals surface area contributed by atoms with Crippen molar-refractivity contribution in [2.75, 3.05) is 0 Å². The number of hydrogen-bond donors (Lipinski definition) is 1. The van der Waals surface area contributed by atoms with Crippen LogP contribution in [-0.2, 0) is 10.0 Å². The predicted octanol–water partition coefficient (Wildman–Crippen LogP) is 1.02. The van der Waals surface area contributed by atoms with Gasteiger partial charge in [0.2, 0.25) is 10.0 Å². The van der Waals surface area contributed by atoms with E-state index in [9.17, 15) is 8.42 Å². The summed E-state index contributed by atoms with van der Waals surface area (Å²) in [7, 11) is -3.32. The average molecular weight is 189 g/mol. The molecule has 4 heteroatoms. The van der Waals surface area contributed by atoms with E-state index in [2.05, 4.69) is 6.58 Å². The van der Waals surface area contributed by atoms with Gasteiger partial charge in [-0.05, 0) is 25.2 Å². The highest BCUT2D eigenvalue weighted by molar-refractivity contribution is 7.89. The smallest absolute Gasteiger partial charge is 0.212 e. The molecule has 0 amide bonds. The summed E-state index contributed by atoms with van der Waals surface area (Å²) in [5, 5.41) is 4.78. The zero-order valence-electron chi connectivity index (χ0n) is 7.07. The second-order valence-electron chi connectivity index (χ2n) is 3.34. The van der Waals surface area contributed by atoms with Gasteiger partial charge in [-0.25, -0.2) is 13.6 Å². The minimum atomic E-state index is -3.32. The SMILES string of the molecule is C=CC[C@@H]1CCC[C@@H]1S(N)(=O)=O. The molecule has 2 N–H and O–H groups in total. The second kappa shape index (κ2) is 3.58. The topological polar surface area (TPSA) is 60.2 Å². The fourth-order valence-electron chi connectivity index (χ4n) is 1.92. The Balaban J connectivity index is 2.70. The van der Waals surface area contributed by atoms with E-state index in [-0.39, 0.29) is 11.2 Å². The molecule has 1 fully saturated rings. The first-order valence-corrected chi connectivity index (χ1v) is 5.79. The molecule has 70 valence electrons. The molecular formula is C8H15NO2S. The van der Waals surface area contributed by atoms with Gasteiger partial charge in [-0.1, -0.05) is 12.5 Å². The van der Waals surface area contributed by atoms with E-state index in [1.54, 1.807) is 6.08 Å². The average Bonchev–Trinajstić information content (AvgIpc) is 2.34. The maximum absolute atomic E-state index is 11.1. The minimum Gasteiger partial charge on any atom is -0.228 e. The third kappa shape index (κ3) is 2.08. The van der Waals surface area contributed by atoms with E-state index >= 15 is 0 Å². The third-order valence-electron chi connectivity index (χ3n) is 2.48. The molecule has 1 aliphatic carbocycles. The Morgan fingerprint density at radius 1 is 1.50 bits per heavy atom. The van der Waals surface area contributed by atoms with Crippen molar-refractivity contribution in [1.29, 1.82) is 0 Å². The highest BCUT2D eigenvalue weighted by atomic mass is 32.2. The summed E-state index contributed by atoms with van der Waals surface area (Å²) in [4.78, 5) is 0. The fourth-order valence-corrected chi connectivity index (χ4v) is 3.20. The Morgan fingerprint density at radius 2 is 2.17 bits per heavy atom. The van der Waals surface area contributed by atoms with Crippen LogP contribution in [0, 0.1) is 5.92 Å². The van der Waals surface area contributed by atoms with Crippen LogP contribution >= 0.6 is 0 Å². The second-order valence-corrected chi connectivity index (χ2v) is 5.13. The zero-order valence-corrected chi connectivity index (χ0v) is 7.89. The standard InChI is InChI=1S/C8H15NO2S/c1-2-4-7-5-3-6-8(7)12(9,10)11/h2,7-8H,1,3-6H2,(H2,9,10,11)/t7-,8+/m1/s1. The number of primary sulfonamides is 1. The van der Waals surface area contributed by atoms with E-state index in [1.165, 1.54) is 0 Å². The summed E-state index contributed by atoms with van der Waals surface area (Å²) in [5.41, 5.74) is 0. The normalized spacial score (nSPS) is 30.4. The highest BCUT2D eigenvalue weighted by Crippen LogP contribution is 2.32. The van der Waals surface area contributed by atoms with Crippen molar-refractivity contribution in [1.82, 2.24) is 0 Å². The minimum absolute atomic E-state index is 0.206. The first kappa shape index (κ1) is 9.74. The van der Waals surface area contributed by atoms with Gasteiger partial charge < -0.3 is 0 Å². The Morgan fingerprint density at radius 3 is 2.67 bits per heavy atom. The number of sulfonamides is 1. The lowest BCUT2D eigenvalue weighted by atomic mass is 10.0. The number of rotatable bonds is 3. The van der Waals surface area contributed by atoms with E-state index in [1.807, 2.05) is 0 Å². The fraction of sp³-hybridized carbons (Fsp3) is 0.750. The molecule has 3 nitrogen and oxygen atoms in total. The summed E-state index contributed by atoms with van der Waals surface area (Å²) in [6.07, 6.45) is 5.19. The molecule has 1 saturated carbocycles. The molecule has 1 rings (SSSR count). The Hall–Kier alpha value is -0.350. The molecule has 0 aromatic carbocycles. The lowest BCUT2D eigenvalue weighted by Crippen LogP contribution is -2.31. The van der Waals surface area contributed by atoms with Crippen molar-refractivity contribution in [3.63, 3.8) is 0 Å². The van der Waals surface area contributed by atoms with Crippen LogP contribution in [-0.4, -0.2) is 13.7 Å². The van der Waals surface area contributed by atoms with Gasteiger partial charge in [-0.3, -0.25) is 0 Å². The Kier molecular flexibility index (Phi) is 2.90. The highest BCUT2D eigenvalue weighted by Gasteiger charge is 2.34. The number of hydrogen-bond acceptors (Lipinski definition) is 2. The van der Waals surface area contributed by atoms with Crippen molar-refractivity contribution in [3.05, 3.63) is 12.7 Å². The third-order valence-corrected chi connectivity index (χ3v) is 3.95. The number of allylic oxidation sites excluding steroid dienone is 1. The van der Waals surface area contributed by atoms with E-state index < -0.39 is 10.0 Å². The monoisotopic (exact) mass is 189 g/mol. The molecule has 2 atom stereocenters. The lowest BCUT2D eigenvalue weighted by Gasteiger charge is -2.14. The van der Waals surface area contributed by atoms with E-state index in [0.717, 1.165) is 25.7 Å². The van der Waals surface area contributed by atoms with E-state index in [0.29, 0.717) is 0 Å². The Labute approximate surface area is 73.7 Å². The van der Waals surface area contributed by atoms with Crippen LogP contribution in [0.15, 0.2) is 12.7 Å². The van der Waals surface area contributed by atoms with Crippen LogP contribution < -0.4 is 5.14 Å². The summed E-state index contributed by atoms with van der Waals surface area (Å²) < 4.78 is 22.1. The molecule has 0 bridgehead atoms. The molecule has 12 heavy (non-hydrogen) atoms. The summed E-state index contributed by atoms with van der Waals surface area (Å²) in [6, 6.07) is 0. The van der Waals surface area contributed by atoms with Crippen molar-refractivity contribution >= 4 is 10.0 Å². The van der Waals surface area contributed by atoms with Crippen LogP contribution in [0.3, 0.4) is 0 Å². The Bertz CT molecular complexity index is 258. The van der Waals surface area contributed by atoms with Gasteiger partial charge in [0.15, 0.2) is 0 Å². The zero-order chi connectivity index (χ0) is 9.19. The molecule has 1 aliphatic rings. The van der Waals surface area contributed by atoms with Crippen LogP contribution in [0.5, 0.6) is 0 Å². The lowest BCUT2D eigenvalue weighted by molar-refractivity contribution is 0.522. The van der Waals surface area contributed by atoms with Gasteiger partial charge >= 0.3 is 0 Å². The molecule has 0 saturated heterocycles. The first-order valence-electron chi connectivity index (χ1n) is 4.18. The summed E-state index contributed by atoms with van der Waals surface area (Å²) in [5.74, 6) is 0.206. The van der Waals surface area contributed by atoms with Gasteiger partial charge in [0.1, 0.15) is 0 Å². The molecule has 0 aromatic rings. The van der Waals surface area contributed by atoms with Crippen molar-refractivity contribution in [2.45, 2.75) is 30.9 Å². The van der Waals surface area contributed by atoms with E-state index in [4.69, 9.17) is 5.14 Å². The van der Waals surface area contributed by atoms with Gasteiger partial charge in [0.05, 0.1) is 5.25 Å². The first-order chi connectivity index (χ1) is 5.55. The quantitative estimate of drug-likeness (QED) is 0.674. The molecule has 0 aliphatic heterocycles. The predicted molar refractivity (Wildman–Crippen MR) is 49.1 cm³/mol. The van der Waals surface area contributed by atoms with Crippen LogP contribution in [0.1, 0.15) is 25.7 Å². The van der Waals surface area contributed by atoms with Crippen LogP contribution in [0.2, 0.25) is 0 Å². The number of nitrogens with two attached hydrogens (primary N) is 1. The maximum Gasteiger partial charge on any atom is 0.212 e. The molecular weight excluding hydrogens is 174 g/mol. The molecule has 0 aromatic heterocycles. The van der Waals surface area contributed by atoms with Crippen molar-refractivity contribution in [2.24, 2.45) is 11.1 Å². The maximum atomic E-state index is 11.1.